The zero-order chi connectivity index (χ0) is 18.8. The van der Waals surface area contributed by atoms with E-state index in [1.54, 1.807) is 6.33 Å². The Labute approximate surface area is 163 Å². The van der Waals surface area contributed by atoms with Crippen molar-refractivity contribution in [3.8, 4) is 22.4 Å². The normalized spacial score (nSPS) is 11.0. The lowest BCUT2D eigenvalue weighted by Crippen LogP contribution is -2.00. The summed E-state index contributed by atoms with van der Waals surface area (Å²) >= 11 is 0. The van der Waals surface area contributed by atoms with E-state index < -0.39 is 0 Å². The minimum Gasteiger partial charge on any atom is -0.311 e. The summed E-state index contributed by atoms with van der Waals surface area (Å²) in [6.07, 6.45) is 3.48. The molecule has 134 valence electrons. The van der Waals surface area contributed by atoms with E-state index in [-0.39, 0.29) is 0 Å². The van der Waals surface area contributed by atoms with E-state index in [1.807, 2.05) is 36.7 Å². The van der Waals surface area contributed by atoms with Gasteiger partial charge in [-0.15, -0.1) is 0 Å². The van der Waals surface area contributed by atoms with Gasteiger partial charge in [-0.25, -0.2) is 15.0 Å². The summed E-state index contributed by atoms with van der Waals surface area (Å²) < 4.78 is 2.07. The van der Waals surface area contributed by atoms with E-state index in [1.165, 1.54) is 5.56 Å². The number of hydrogen-bond donors (Lipinski definition) is 0. The first-order valence-electron chi connectivity index (χ1n) is 9.25. The molecule has 0 radical (unpaired) electrons. The second-order valence-corrected chi connectivity index (χ2v) is 6.66. The van der Waals surface area contributed by atoms with Crippen LogP contribution in [0, 0.1) is 0 Å². The second-order valence-electron chi connectivity index (χ2n) is 6.66. The molecule has 4 heteroatoms. The quantitative estimate of drug-likeness (QED) is 0.441. The van der Waals surface area contributed by atoms with Crippen LogP contribution >= 0.6 is 0 Å². The number of rotatable bonds is 4. The van der Waals surface area contributed by atoms with Gasteiger partial charge in [0.15, 0.2) is 5.65 Å². The van der Waals surface area contributed by atoms with Gasteiger partial charge >= 0.3 is 0 Å². The van der Waals surface area contributed by atoms with Crippen LogP contribution in [0.1, 0.15) is 5.56 Å². The number of hydrogen-bond acceptors (Lipinski definition) is 3. The van der Waals surface area contributed by atoms with E-state index in [4.69, 9.17) is 0 Å². The highest BCUT2D eigenvalue weighted by Crippen LogP contribution is 2.33. The van der Waals surface area contributed by atoms with E-state index in [0.29, 0.717) is 0 Å². The first kappa shape index (κ1) is 16.4. The number of benzene rings is 3. The Hall–Kier alpha value is -3.79. The first-order valence-corrected chi connectivity index (χ1v) is 9.25. The largest absolute Gasteiger partial charge is 0.311 e. The van der Waals surface area contributed by atoms with Crippen LogP contribution in [0.3, 0.4) is 0 Å². The first-order chi connectivity index (χ1) is 13.9. The van der Waals surface area contributed by atoms with Crippen molar-refractivity contribution in [3.63, 3.8) is 0 Å². The monoisotopic (exact) mass is 362 g/mol. The number of imidazole rings is 1. The van der Waals surface area contributed by atoms with Crippen LogP contribution in [0.2, 0.25) is 0 Å². The molecule has 0 bridgehead atoms. The topological polar surface area (TPSA) is 43.6 Å². The van der Waals surface area contributed by atoms with Crippen LogP contribution in [0.4, 0.5) is 0 Å². The molecule has 0 fully saturated rings. The van der Waals surface area contributed by atoms with Crippen molar-refractivity contribution in [3.05, 3.63) is 103 Å². The van der Waals surface area contributed by atoms with Crippen LogP contribution in [0.15, 0.2) is 97.6 Å². The molecular weight excluding hydrogens is 344 g/mol. The maximum absolute atomic E-state index is 4.66. The third kappa shape index (κ3) is 2.95. The summed E-state index contributed by atoms with van der Waals surface area (Å²) in [4.78, 5) is 13.8. The maximum atomic E-state index is 4.66. The van der Waals surface area contributed by atoms with Gasteiger partial charge in [-0.05, 0) is 16.7 Å². The summed E-state index contributed by atoms with van der Waals surface area (Å²) in [6.45, 7) is 0.730. The van der Waals surface area contributed by atoms with Crippen LogP contribution in [0.5, 0.6) is 0 Å². The summed E-state index contributed by atoms with van der Waals surface area (Å²) in [5.74, 6) is 0. The molecule has 5 aromatic rings. The Morgan fingerprint density at radius 2 is 1.32 bits per heavy atom. The zero-order valence-electron chi connectivity index (χ0n) is 15.2. The van der Waals surface area contributed by atoms with Crippen molar-refractivity contribution < 1.29 is 0 Å². The zero-order valence-corrected chi connectivity index (χ0v) is 15.2. The fraction of sp³-hybridized carbons (Fsp3) is 0.0417. The van der Waals surface area contributed by atoms with Gasteiger partial charge in [0.1, 0.15) is 17.5 Å². The summed E-state index contributed by atoms with van der Waals surface area (Å²) in [6, 6.07) is 29.0. The van der Waals surface area contributed by atoms with Gasteiger partial charge in [0.25, 0.3) is 0 Å². The molecule has 0 atom stereocenters. The van der Waals surface area contributed by atoms with E-state index in [9.17, 15) is 0 Å². The van der Waals surface area contributed by atoms with Gasteiger partial charge in [0, 0.05) is 5.56 Å². The van der Waals surface area contributed by atoms with Crippen LogP contribution in [-0.2, 0) is 6.54 Å². The predicted octanol–water partition coefficient (Wildman–Crippen LogP) is 5.21. The van der Waals surface area contributed by atoms with E-state index >= 15 is 0 Å². The van der Waals surface area contributed by atoms with Crippen molar-refractivity contribution in [2.75, 3.05) is 0 Å². The molecule has 4 nitrogen and oxygen atoms in total. The SMILES string of the molecule is c1ccc(Cn2cnc3c(-c4ccccc4-c4ccccc4)ncnc32)cc1. The van der Waals surface area contributed by atoms with Crippen molar-refractivity contribution in [1.29, 1.82) is 0 Å². The molecule has 0 saturated heterocycles. The van der Waals surface area contributed by atoms with Crippen LogP contribution in [-0.4, -0.2) is 19.5 Å². The lowest BCUT2D eigenvalue weighted by Gasteiger charge is -2.10. The standard InChI is InChI=1S/C24H18N4/c1-3-9-18(10-4-1)15-28-17-27-23-22(25-16-26-24(23)28)21-14-8-7-13-20(21)19-11-5-2-6-12-19/h1-14,16-17H,15H2. The lowest BCUT2D eigenvalue weighted by atomic mass is 9.97. The van der Waals surface area contributed by atoms with Crippen molar-refractivity contribution in [2.24, 2.45) is 0 Å². The van der Waals surface area contributed by atoms with E-state index in [2.05, 4.69) is 74.1 Å². The molecule has 2 aromatic heterocycles. The van der Waals surface area contributed by atoms with Gasteiger partial charge in [-0.1, -0.05) is 84.9 Å². The van der Waals surface area contributed by atoms with Crippen LogP contribution in [0.25, 0.3) is 33.5 Å². The predicted molar refractivity (Wildman–Crippen MR) is 112 cm³/mol. The van der Waals surface area contributed by atoms with Gasteiger partial charge in [-0.3, -0.25) is 0 Å². The summed E-state index contributed by atoms with van der Waals surface area (Å²) in [5.41, 5.74) is 7.10. The molecule has 0 aliphatic carbocycles. The van der Waals surface area contributed by atoms with Gasteiger partial charge < -0.3 is 4.57 Å². The maximum Gasteiger partial charge on any atom is 0.164 e. The summed E-state index contributed by atoms with van der Waals surface area (Å²) in [7, 11) is 0. The number of aromatic nitrogens is 4. The highest BCUT2D eigenvalue weighted by Gasteiger charge is 2.15. The molecule has 0 spiro atoms. The van der Waals surface area contributed by atoms with Gasteiger partial charge in [0.05, 0.1) is 12.9 Å². The Morgan fingerprint density at radius 1 is 0.643 bits per heavy atom. The molecule has 28 heavy (non-hydrogen) atoms. The van der Waals surface area contributed by atoms with Gasteiger partial charge in [0.2, 0.25) is 0 Å². The molecule has 2 heterocycles. The molecule has 0 amide bonds. The number of nitrogens with zero attached hydrogens (tertiary/aromatic N) is 4. The molecule has 0 aliphatic heterocycles. The van der Waals surface area contributed by atoms with Crippen molar-refractivity contribution in [2.45, 2.75) is 6.54 Å². The smallest absolute Gasteiger partial charge is 0.164 e. The molecule has 3 aromatic carbocycles. The molecule has 0 saturated carbocycles. The lowest BCUT2D eigenvalue weighted by molar-refractivity contribution is 0.813. The minimum absolute atomic E-state index is 0.730. The Kier molecular flexibility index (Phi) is 4.14. The average molecular weight is 362 g/mol. The second kappa shape index (κ2) is 7.08. The Morgan fingerprint density at radius 3 is 2.11 bits per heavy atom. The highest BCUT2D eigenvalue weighted by atomic mass is 15.1. The average Bonchev–Trinajstić information content (AvgIpc) is 3.18. The molecule has 0 unspecified atom stereocenters. The fourth-order valence-corrected chi connectivity index (χ4v) is 3.53. The third-order valence-corrected chi connectivity index (χ3v) is 4.86. The minimum atomic E-state index is 0.730. The van der Waals surface area contributed by atoms with Crippen molar-refractivity contribution >= 4 is 11.2 Å². The molecule has 0 aliphatic rings. The van der Waals surface area contributed by atoms with Crippen LogP contribution < -0.4 is 0 Å². The fourth-order valence-electron chi connectivity index (χ4n) is 3.53. The molecular formula is C24H18N4. The number of fused-ring (bicyclic) bond motifs is 1. The Balaban J connectivity index is 1.64. The molecule has 0 N–H and O–H groups in total. The highest BCUT2D eigenvalue weighted by molar-refractivity contribution is 5.93. The van der Waals surface area contributed by atoms with E-state index in [0.717, 1.165) is 40.1 Å². The third-order valence-electron chi connectivity index (χ3n) is 4.86. The van der Waals surface area contributed by atoms with Gasteiger partial charge in [-0.2, -0.15) is 0 Å². The summed E-state index contributed by atoms with van der Waals surface area (Å²) in [5, 5.41) is 0. The Bertz CT molecular complexity index is 1230. The molecule has 5 rings (SSSR count). The van der Waals surface area contributed by atoms with Crippen molar-refractivity contribution in [1.82, 2.24) is 19.5 Å².